The van der Waals surface area contributed by atoms with Crippen LogP contribution in [0.4, 0.5) is 5.82 Å². The fourth-order valence-corrected chi connectivity index (χ4v) is 1.52. The van der Waals surface area contributed by atoms with Crippen molar-refractivity contribution in [3.8, 4) is 0 Å². The van der Waals surface area contributed by atoms with Crippen molar-refractivity contribution in [1.82, 2.24) is 9.55 Å². The average Bonchev–Trinajstić information content (AvgIpc) is 2.24. The standard InChI is InChI=1S/C10H11N3O2/c11-9-7-3-1-2-4-8(7)12-10(15)13(9)5-6-14/h1-4,14H,5-6,11H2. The maximum atomic E-state index is 11.5. The van der Waals surface area contributed by atoms with Gasteiger partial charge in [0.25, 0.3) is 0 Å². The molecule has 2 rings (SSSR count). The van der Waals surface area contributed by atoms with E-state index in [1.807, 2.05) is 6.07 Å². The summed E-state index contributed by atoms with van der Waals surface area (Å²) in [5, 5.41) is 9.52. The SMILES string of the molecule is Nc1c2ccccc2nc(=O)n1CCO. The number of rotatable bonds is 2. The van der Waals surface area contributed by atoms with Crippen molar-refractivity contribution >= 4 is 16.7 Å². The molecule has 1 aromatic heterocycles. The summed E-state index contributed by atoms with van der Waals surface area (Å²) in [6.45, 7) is 0.0344. The van der Waals surface area contributed by atoms with Crippen molar-refractivity contribution in [3.63, 3.8) is 0 Å². The summed E-state index contributed by atoms with van der Waals surface area (Å²) < 4.78 is 1.27. The second-order valence-electron chi connectivity index (χ2n) is 3.17. The van der Waals surface area contributed by atoms with Crippen LogP contribution < -0.4 is 11.4 Å². The van der Waals surface area contributed by atoms with Crippen LogP contribution in [0.3, 0.4) is 0 Å². The fraction of sp³-hybridized carbons (Fsp3) is 0.200. The summed E-state index contributed by atoms with van der Waals surface area (Å²) in [6.07, 6.45) is 0. The van der Waals surface area contributed by atoms with Gasteiger partial charge in [-0.05, 0) is 12.1 Å². The quantitative estimate of drug-likeness (QED) is 0.721. The summed E-state index contributed by atoms with van der Waals surface area (Å²) >= 11 is 0. The molecule has 1 aromatic carbocycles. The highest BCUT2D eigenvalue weighted by atomic mass is 16.3. The second kappa shape index (κ2) is 3.70. The summed E-state index contributed by atoms with van der Waals surface area (Å²) in [6, 6.07) is 7.15. The summed E-state index contributed by atoms with van der Waals surface area (Å²) in [4.78, 5) is 15.4. The first-order chi connectivity index (χ1) is 7.24. The van der Waals surface area contributed by atoms with E-state index >= 15 is 0 Å². The molecule has 0 bridgehead atoms. The number of nitrogens with zero attached hydrogens (tertiary/aromatic N) is 2. The third-order valence-electron chi connectivity index (χ3n) is 2.24. The van der Waals surface area contributed by atoms with Gasteiger partial charge in [0, 0.05) is 5.39 Å². The van der Waals surface area contributed by atoms with Gasteiger partial charge < -0.3 is 10.8 Å². The van der Waals surface area contributed by atoms with E-state index < -0.39 is 5.69 Å². The van der Waals surface area contributed by atoms with Gasteiger partial charge in [0.2, 0.25) is 0 Å². The van der Waals surface area contributed by atoms with Crippen molar-refractivity contribution in [2.75, 3.05) is 12.3 Å². The molecule has 0 saturated carbocycles. The zero-order chi connectivity index (χ0) is 10.8. The lowest BCUT2D eigenvalue weighted by atomic mass is 10.2. The topological polar surface area (TPSA) is 81.1 Å². The number of aliphatic hydroxyl groups excluding tert-OH is 1. The average molecular weight is 205 g/mol. The van der Waals surface area contributed by atoms with E-state index in [1.54, 1.807) is 18.2 Å². The molecule has 1 heterocycles. The number of fused-ring (bicyclic) bond motifs is 1. The lowest BCUT2D eigenvalue weighted by Gasteiger charge is -2.09. The van der Waals surface area contributed by atoms with Crippen LogP contribution in [0.25, 0.3) is 10.9 Å². The van der Waals surface area contributed by atoms with Crippen molar-refractivity contribution in [2.24, 2.45) is 0 Å². The number of aromatic nitrogens is 2. The maximum absolute atomic E-state index is 11.5. The molecule has 0 aliphatic heterocycles. The molecule has 15 heavy (non-hydrogen) atoms. The minimum atomic E-state index is -0.430. The van der Waals surface area contributed by atoms with Crippen LogP contribution in [0.2, 0.25) is 0 Å². The molecule has 0 amide bonds. The van der Waals surface area contributed by atoms with Crippen molar-refractivity contribution in [1.29, 1.82) is 0 Å². The molecule has 0 fully saturated rings. The van der Waals surface area contributed by atoms with Crippen molar-refractivity contribution in [3.05, 3.63) is 34.7 Å². The van der Waals surface area contributed by atoms with E-state index in [9.17, 15) is 4.79 Å². The first kappa shape index (κ1) is 9.67. The van der Waals surface area contributed by atoms with E-state index in [0.29, 0.717) is 11.3 Å². The molecular formula is C10H11N3O2. The van der Waals surface area contributed by atoms with Gasteiger partial charge in [0.05, 0.1) is 18.7 Å². The minimum Gasteiger partial charge on any atom is -0.395 e. The molecular weight excluding hydrogens is 194 g/mol. The molecule has 3 N–H and O–H groups in total. The van der Waals surface area contributed by atoms with Crippen LogP contribution in [0, 0.1) is 0 Å². The highest BCUT2D eigenvalue weighted by Crippen LogP contribution is 2.15. The number of nitrogens with two attached hydrogens (primary N) is 1. The lowest BCUT2D eigenvalue weighted by Crippen LogP contribution is -2.26. The molecule has 2 aromatic rings. The van der Waals surface area contributed by atoms with Gasteiger partial charge in [0.15, 0.2) is 0 Å². The predicted octanol–water partition coefficient (Wildman–Crippen LogP) is -0.0290. The Balaban J connectivity index is 2.78. The van der Waals surface area contributed by atoms with E-state index in [2.05, 4.69) is 4.98 Å². The van der Waals surface area contributed by atoms with Crippen molar-refractivity contribution < 1.29 is 5.11 Å². The van der Waals surface area contributed by atoms with Gasteiger partial charge in [-0.1, -0.05) is 12.1 Å². The second-order valence-corrected chi connectivity index (χ2v) is 3.17. The molecule has 5 nitrogen and oxygen atoms in total. The predicted molar refractivity (Wildman–Crippen MR) is 57.5 cm³/mol. The van der Waals surface area contributed by atoms with Gasteiger partial charge in [-0.3, -0.25) is 4.57 Å². The minimum absolute atomic E-state index is 0.135. The van der Waals surface area contributed by atoms with Crippen molar-refractivity contribution in [2.45, 2.75) is 6.54 Å². The lowest BCUT2D eigenvalue weighted by molar-refractivity contribution is 0.274. The van der Waals surface area contributed by atoms with Gasteiger partial charge in [-0.15, -0.1) is 0 Å². The van der Waals surface area contributed by atoms with Crippen LogP contribution in [0.15, 0.2) is 29.1 Å². The Hall–Kier alpha value is -1.88. The number of para-hydroxylation sites is 1. The highest BCUT2D eigenvalue weighted by Gasteiger charge is 2.06. The molecule has 0 atom stereocenters. The van der Waals surface area contributed by atoms with Gasteiger partial charge in [-0.25, -0.2) is 4.79 Å². The Morgan fingerprint density at radius 2 is 2.13 bits per heavy atom. The van der Waals surface area contributed by atoms with Crippen LogP contribution in [0.5, 0.6) is 0 Å². The normalized spacial score (nSPS) is 10.7. The van der Waals surface area contributed by atoms with Crippen LogP contribution >= 0.6 is 0 Å². The zero-order valence-corrected chi connectivity index (χ0v) is 8.05. The Morgan fingerprint density at radius 1 is 1.40 bits per heavy atom. The number of benzene rings is 1. The number of anilines is 1. The van der Waals surface area contributed by atoms with E-state index in [-0.39, 0.29) is 13.2 Å². The van der Waals surface area contributed by atoms with E-state index in [1.165, 1.54) is 4.57 Å². The van der Waals surface area contributed by atoms with E-state index in [4.69, 9.17) is 10.8 Å². The van der Waals surface area contributed by atoms with Crippen LogP contribution in [-0.4, -0.2) is 21.3 Å². The molecule has 0 aliphatic carbocycles. The van der Waals surface area contributed by atoms with E-state index in [0.717, 1.165) is 5.39 Å². The Kier molecular flexibility index (Phi) is 2.39. The van der Waals surface area contributed by atoms with Crippen LogP contribution in [-0.2, 0) is 6.54 Å². The molecule has 0 aliphatic rings. The highest BCUT2D eigenvalue weighted by molar-refractivity contribution is 5.87. The molecule has 0 saturated heterocycles. The third kappa shape index (κ3) is 1.57. The zero-order valence-electron chi connectivity index (χ0n) is 8.05. The first-order valence-corrected chi connectivity index (χ1v) is 4.60. The summed E-state index contributed by atoms with van der Waals surface area (Å²) in [7, 11) is 0. The summed E-state index contributed by atoms with van der Waals surface area (Å²) in [5.41, 5.74) is 5.97. The number of hydrogen-bond acceptors (Lipinski definition) is 4. The van der Waals surface area contributed by atoms with Gasteiger partial charge in [0.1, 0.15) is 5.82 Å². The molecule has 78 valence electrons. The number of nitrogen functional groups attached to an aromatic ring is 1. The Labute approximate surface area is 85.8 Å². The number of aliphatic hydroxyl groups is 1. The first-order valence-electron chi connectivity index (χ1n) is 4.60. The smallest absolute Gasteiger partial charge is 0.349 e. The molecule has 5 heteroatoms. The Morgan fingerprint density at radius 3 is 2.87 bits per heavy atom. The largest absolute Gasteiger partial charge is 0.395 e. The van der Waals surface area contributed by atoms with Gasteiger partial charge in [-0.2, -0.15) is 4.98 Å². The summed E-state index contributed by atoms with van der Waals surface area (Å²) in [5.74, 6) is 0.347. The maximum Gasteiger partial charge on any atom is 0.349 e. The molecule has 0 radical (unpaired) electrons. The number of hydrogen-bond donors (Lipinski definition) is 2. The Bertz CT molecular complexity index is 548. The molecule has 0 unspecified atom stereocenters. The van der Waals surface area contributed by atoms with Gasteiger partial charge >= 0.3 is 5.69 Å². The van der Waals surface area contributed by atoms with Crippen LogP contribution in [0.1, 0.15) is 0 Å². The fourth-order valence-electron chi connectivity index (χ4n) is 1.52. The monoisotopic (exact) mass is 205 g/mol. The molecule has 0 spiro atoms. The third-order valence-corrected chi connectivity index (χ3v) is 2.24.